The molecule has 1 aromatic rings. The Bertz CT molecular complexity index is 473. The van der Waals surface area contributed by atoms with E-state index < -0.39 is 0 Å². The van der Waals surface area contributed by atoms with Crippen molar-refractivity contribution in [3.63, 3.8) is 0 Å². The van der Waals surface area contributed by atoms with Gasteiger partial charge in [-0.1, -0.05) is 6.07 Å². The highest BCUT2D eigenvalue weighted by Crippen LogP contribution is 2.36. The first-order valence-corrected chi connectivity index (χ1v) is 9.74. The van der Waals surface area contributed by atoms with Crippen LogP contribution in [0.2, 0.25) is 0 Å². The average Bonchev–Trinajstić information content (AvgIpc) is 3.22. The average molecular weight is 321 g/mol. The molecule has 4 rings (SSSR count). The maximum atomic E-state index is 6.04. The second-order valence-corrected chi connectivity index (χ2v) is 8.66. The van der Waals surface area contributed by atoms with Crippen molar-refractivity contribution >= 4 is 11.3 Å². The summed E-state index contributed by atoms with van der Waals surface area (Å²) in [5.41, 5.74) is 0.376. The highest BCUT2D eigenvalue weighted by molar-refractivity contribution is 7.09. The molecule has 122 valence electrons. The molecule has 0 amide bonds. The van der Waals surface area contributed by atoms with Crippen molar-refractivity contribution in [3.05, 3.63) is 22.4 Å². The van der Waals surface area contributed by atoms with E-state index in [-0.39, 0.29) is 0 Å². The Morgan fingerprint density at radius 1 is 1.23 bits per heavy atom. The van der Waals surface area contributed by atoms with Crippen LogP contribution in [-0.2, 0) is 11.3 Å². The van der Waals surface area contributed by atoms with E-state index in [9.17, 15) is 0 Å². The molecule has 3 fully saturated rings. The van der Waals surface area contributed by atoms with Gasteiger partial charge in [-0.3, -0.25) is 4.90 Å². The van der Waals surface area contributed by atoms with Gasteiger partial charge in [0.2, 0.25) is 0 Å². The largest absolute Gasteiger partial charge is 0.379 e. The molecule has 1 aromatic heterocycles. The molecular weight excluding hydrogens is 292 g/mol. The van der Waals surface area contributed by atoms with Crippen LogP contribution in [0.5, 0.6) is 0 Å². The lowest BCUT2D eigenvalue weighted by atomic mass is 9.80. The Hall–Kier alpha value is -0.420. The van der Waals surface area contributed by atoms with Gasteiger partial charge < -0.3 is 9.64 Å². The van der Waals surface area contributed by atoms with Crippen molar-refractivity contribution in [2.24, 2.45) is 11.3 Å². The second kappa shape index (κ2) is 6.60. The third kappa shape index (κ3) is 3.73. The zero-order valence-corrected chi connectivity index (χ0v) is 14.3. The number of hydrogen-bond acceptors (Lipinski definition) is 4. The van der Waals surface area contributed by atoms with Crippen LogP contribution in [0.25, 0.3) is 0 Å². The van der Waals surface area contributed by atoms with Crippen molar-refractivity contribution < 1.29 is 4.74 Å². The molecule has 0 aromatic carbocycles. The van der Waals surface area contributed by atoms with E-state index in [0.717, 1.165) is 32.2 Å². The third-order valence-electron chi connectivity index (χ3n) is 5.43. The van der Waals surface area contributed by atoms with E-state index in [1.165, 1.54) is 56.7 Å². The lowest BCUT2D eigenvalue weighted by Gasteiger charge is -2.43. The number of thiophene rings is 1. The second-order valence-electron chi connectivity index (χ2n) is 7.62. The van der Waals surface area contributed by atoms with Crippen LogP contribution in [0.4, 0.5) is 0 Å². The fourth-order valence-corrected chi connectivity index (χ4v) is 4.96. The van der Waals surface area contributed by atoms with Crippen molar-refractivity contribution in [1.29, 1.82) is 0 Å². The Labute approximate surface area is 138 Å². The number of hydrogen-bond donors (Lipinski definition) is 0. The molecule has 2 aliphatic heterocycles. The topological polar surface area (TPSA) is 15.7 Å². The number of piperidine rings is 1. The first kappa shape index (κ1) is 15.1. The van der Waals surface area contributed by atoms with Gasteiger partial charge in [-0.25, -0.2) is 0 Å². The first-order valence-electron chi connectivity index (χ1n) is 8.86. The van der Waals surface area contributed by atoms with Crippen LogP contribution in [0.1, 0.15) is 30.6 Å². The monoisotopic (exact) mass is 320 g/mol. The molecule has 3 aliphatic rings. The van der Waals surface area contributed by atoms with Crippen LogP contribution >= 0.6 is 11.3 Å². The lowest BCUT2D eigenvalue weighted by Crippen LogP contribution is -2.50. The predicted molar refractivity (Wildman–Crippen MR) is 91.2 cm³/mol. The summed E-state index contributed by atoms with van der Waals surface area (Å²) in [6, 6.07) is 4.45. The summed E-state index contributed by atoms with van der Waals surface area (Å²) >= 11 is 1.89. The van der Waals surface area contributed by atoms with E-state index in [1.54, 1.807) is 0 Å². The fourth-order valence-electron chi connectivity index (χ4n) is 4.22. The Morgan fingerprint density at radius 3 is 2.95 bits per heavy atom. The van der Waals surface area contributed by atoms with Gasteiger partial charge in [-0.2, -0.15) is 0 Å². The van der Waals surface area contributed by atoms with Crippen LogP contribution in [0.15, 0.2) is 17.5 Å². The summed E-state index contributed by atoms with van der Waals surface area (Å²) < 4.78 is 6.04. The van der Waals surface area contributed by atoms with Crippen molar-refractivity contribution in [2.45, 2.75) is 32.2 Å². The highest BCUT2D eigenvalue weighted by atomic mass is 32.1. The first-order chi connectivity index (χ1) is 10.8. The molecule has 4 heteroatoms. The molecular formula is C18H28N2OS. The Kier molecular flexibility index (Phi) is 4.54. The molecule has 1 aliphatic carbocycles. The minimum atomic E-state index is 0.376. The highest BCUT2D eigenvalue weighted by Gasteiger charge is 2.39. The number of nitrogens with zero attached hydrogens (tertiary/aromatic N) is 2. The molecule has 0 N–H and O–H groups in total. The molecule has 2 saturated heterocycles. The molecule has 1 unspecified atom stereocenters. The maximum absolute atomic E-state index is 6.04. The van der Waals surface area contributed by atoms with Gasteiger partial charge in [0.15, 0.2) is 0 Å². The van der Waals surface area contributed by atoms with Crippen LogP contribution < -0.4 is 0 Å². The minimum absolute atomic E-state index is 0.376. The molecule has 22 heavy (non-hydrogen) atoms. The summed E-state index contributed by atoms with van der Waals surface area (Å²) in [7, 11) is 0. The van der Waals surface area contributed by atoms with Gasteiger partial charge in [-0.05, 0) is 49.6 Å². The van der Waals surface area contributed by atoms with Crippen molar-refractivity contribution in [2.75, 3.05) is 45.9 Å². The van der Waals surface area contributed by atoms with Crippen LogP contribution in [-0.4, -0.2) is 55.7 Å². The molecule has 0 bridgehead atoms. The number of rotatable bonds is 4. The zero-order chi connectivity index (χ0) is 14.8. The smallest absolute Gasteiger partial charge is 0.0593 e. The molecule has 1 atom stereocenters. The Morgan fingerprint density at radius 2 is 2.14 bits per heavy atom. The SMILES string of the molecule is c1csc(CN2CCCC3(COCCN(CC4CC4)C3)C2)c1. The van der Waals surface area contributed by atoms with E-state index in [1.807, 2.05) is 11.3 Å². The van der Waals surface area contributed by atoms with Gasteiger partial charge >= 0.3 is 0 Å². The van der Waals surface area contributed by atoms with Gasteiger partial charge in [0.05, 0.1) is 13.2 Å². The number of ether oxygens (including phenoxy) is 1. The van der Waals surface area contributed by atoms with Crippen LogP contribution in [0.3, 0.4) is 0 Å². The normalized spacial score (nSPS) is 31.5. The molecule has 1 saturated carbocycles. The van der Waals surface area contributed by atoms with Gasteiger partial charge in [0.25, 0.3) is 0 Å². The summed E-state index contributed by atoms with van der Waals surface area (Å²) in [6.07, 6.45) is 5.57. The minimum Gasteiger partial charge on any atom is -0.379 e. The predicted octanol–water partition coefficient (Wildman–Crippen LogP) is 3.07. The van der Waals surface area contributed by atoms with Gasteiger partial charge in [-0.15, -0.1) is 11.3 Å². The quantitative estimate of drug-likeness (QED) is 0.848. The van der Waals surface area contributed by atoms with E-state index in [4.69, 9.17) is 4.74 Å². The molecule has 1 spiro atoms. The van der Waals surface area contributed by atoms with E-state index in [2.05, 4.69) is 27.3 Å². The molecule has 3 nitrogen and oxygen atoms in total. The molecule has 0 radical (unpaired) electrons. The lowest BCUT2D eigenvalue weighted by molar-refractivity contribution is 0.00305. The standard InChI is InChI=1S/C18H28N2OS/c1-3-17(22-10-1)12-19-7-2-6-18(13-19)14-20(8-9-21-15-18)11-16-4-5-16/h1,3,10,16H,2,4-9,11-15H2. The summed E-state index contributed by atoms with van der Waals surface area (Å²) in [5.74, 6) is 0.987. The van der Waals surface area contributed by atoms with Crippen molar-refractivity contribution in [3.8, 4) is 0 Å². The van der Waals surface area contributed by atoms with Gasteiger partial charge in [0.1, 0.15) is 0 Å². The van der Waals surface area contributed by atoms with Gasteiger partial charge in [0, 0.05) is 43.0 Å². The third-order valence-corrected chi connectivity index (χ3v) is 6.29. The van der Waals surface area contributed by atoms with E-state index >= 15 is 0 Å². The summed E-state index contributed by atoms with van der Waals surface area (Å²) in [5, 5.41) is 2.20. The zero-order valence-electron chi connectivity index (χ0n) is 13.5. The maximum Gasteiger partial charge on any atom is 0.0593 e. The Balaban J connectivity index is 1.41. The molecule has 3 heterocycles. The summed E-state index contributed by atoms with van der Waals surface area (Å²) in [6.45, 7) is 9.20. The number of likely N-dealkylation sites (tertiary alicyclic amines) is 1. The van der Waals surface area contributed by atoms with E-state index in [0.29, 0.717) is 5.41 Å². The van der Waals surface area contributed by atoms with Crippen LogP contribution in [0, 0.1) is 11.3 Å². The van der Waals surface area contributed by atoms with Crippen molar-refractivity contribution in [1.82, 2.24) is 9.80 Å². The fraction of sp³-hybridized carbons (Fsp3) is 0.778. The summed E-state index contributed by atoms with van der Waals surface area (Å²) in [4.78, 5) is 6.87.